The van der Waals surface area contributed by atoms with Gasteiger partial charge in [-0.3, -0.25) is 14.5 Å². The van der Waals surface area contributed by atoms with Crippen molar-refractivity contribution in [2.45, 2.75) is 24.9 Å². The number of hydrogen-bond acceptors (Lipinski definition) is 8. The van der Waals surface area contributed by atoms with Crippen LogP contribution in [0.4, 0.5) is 5.13 Å². The van der Waals surface area contributed by atoms with Crippen molar-refractivity contribution in [3.63, 3.8) is 0 Å². The molecule has 0 radical (unpaired) electrons. The minimum absolute atomic E-state index is 0.117. The van der Waals surface area contributed by atoms with Crippen LogP contribution in [0.3, 0.4) is 0 Å². The zero-order valence-corrected chi connectivity index (χ0v) is 15.0. The Morgan fingerprint density at radius 2 is 2.31 bits per heavy atom. The van der Waals surface area contributed by atoms with Gasteiger partial charge in [0.05, 0.1) is 6.04 Å². The molecule has 1 aromatic heterocycles. The topological polar surface area (TPSA) is 147 Å². The SMILES string of the molecule is CO/N=C(\C(=O)N[C@@H]1C(=O)N2C(C(=O)O)=C(Cl)CC[C@H]12)c1csc(N)n1. The van der Waals surface area contributed by atoms with Gasteiger partial charge in [0.15, 0.2) is 10.8 Å². The first-order valence-electron chi connectivity index (χ1n) is 7.43. The first-order chi connectivity index (χ1) is 12.3. The number of carbonyl (C=O) groups excluding carboxylic acids is 2. The molecule has 0 bridgehead atoms. The van der Waals surface area contributed by atoms with Crippen LogP contribution in [0.15, 0.2) is 21.3 Å². The van der Waals surface area contributed by atoms with Crippen LogP contribution in [0.1, 0.15) is 18.5 Å². The Labute approximate surface area is 156 Å². The van der Waals surface area contributed by atoms with Crippen molar-refractivity contribution in [2.75, 3.05) is 12.8 Å². The second kappa shape index (κ2) is 6.92. The fourth-order valence-corrected chi connectivity index (χ4v) is 3.75. The van der Waals surface area contributed by atoms with Gasteiger partial charge in [-0.2, -0.15) is 0 Å². The number of nitrogens with two attached hydrogens (primary N) is 1. The molecule has 3 heterocycles. The van der Waals surface area contributed by atoms with Gasteiger partial charge in [-0.15, -0.1) is 11.3 Å². The molecule has 2 aliphatic rings. The second-order valence-corrected chi connectivity index (χ2v) is 6.86. The summed E-state index contributed by atoms with van der Waals surface area (Å²) >= 11 is 7.05. The molecule has 2 atom stereocenters. The highest BCUT2D eigenvalue weighted by atomic mass is 35.5. The Morgan fingerprint density at radius 3 is 2.88 bits per heavy atom. The third-order valence-electron chi connectivity index (χ3n) is 4.03. The molecule has 0 unspecified atom stereocenters. The van der Waals surface area contributed by atoms with Crippen molar-refractivity contribution in [1.29, 1.82) is 0 Å². The number of carboxylic acids is 1. The number of carbonyl (C=O) groups is 3. The molecule has 138 valence electrons. The number of nitrogen functional groups attached to an aromatic ring is 1. The summed E-state index contributed by atoms with van der Waals surface area (Å²) in [7, 11) is 1.27. The molecule has 12 heteroatoms. The maximum atomic E-state index is 12.5. The lowest BCUT2D eigenvalue weighted by molar-refractivity contribution is -0.155. The van der Waals surface area contributed by atoms with E-state index in [9.17, 15) is 19.5 Å². The van der Waals surface area contributed by atoms with Crippen LogP contribution in [-0.2, 0) is 19.2 Å². The molecular weight excluding hydrogens is 386 g/mol. The predicted octanol–water partition coefficient (Wildman–Crippen LogP) is 0.100. The van der Waals surface area contributed by atoms with Crippen LogP contribution in [-0.4, -0.2) is 57.7 Å². The third kappa shape index (κ3) is 2.99. The highest BCUT2D eigenvalue weighted by Gasteiger charge is 2.53. The highest BCUT2D eigenvalue weighted by molar-refractivity contribution is 7.13. The largest absolute Gasteiger partial charge is 0.477 e. The Kier molecular flexibility index (Phi) is 4.83. The maximum Gasteiger partial charge on any atom is 0.353 e. The van der Waals surface area contributed by atoms with Crippen molar-refractivity contribution in [1.82, 2.24) is 15.2 Å². The number of anilines is 1. The molecule has 2 aliphatic heterocycles. The Hall–Kier alpha value is -2.66. The third-order valence-corrected chi connectivity index (χ3v) is 5.07. The molecule has 2 amide bonds. The maximum absolute atomic E-state index is 12.5. The molecule has 1 aromatic rings. The molecule has 0 aliphatic carbocycles. The van der Waals surface area contributed by atoms with E-state index in [1.54, 1.807) is 0 Å². The monoisotopic (exact) mass is 399 g/mol. The van der Waals surface area contributed by atoms with E-state index in [0.717, 1.165) is 16.2 Å². The van der Waals surface area contributed by atoms with E-state index in [0.29, 0.717) is 12.8 Å². The molecule has 4 N–H and O–H groups in total. The van der Waals surface area contributed by atoms with Gasteiger partial charge in [-0.25, -0.2) is 9.78 Å². The lowest BCUT2D eigenvalue weighted by atomic mass is 9.86. The van der Waals surface area contributed by atoms with Crippen molar-refractivity contribution in [3.8, 4) is 0 Å². The fraction of sp³-hybridized carbons (Fsp3) is 0.357. The normalized spacial score (nSPS) is 22.6. The Balaban J connectivity index is 1.78. The molecule has 26 heavy (non-hydrogen) atoms. The number of nitrogens with one attached hydrogen (secondary N) is 1. The summed E-state index contributed by atoms with van der Waals surface area (Å²) in [6, 6.07) is -1.36. The number of hydrogen-bond donors (Lipinski definition) is 3. The second-order valence-electron chi connectivity index (χ2n) is 5.52. The predicted molar refractivity (Wildman–Crippen MR) is 92.4 cm³/mol. The van der Waals surface area contributed by atoms with Crippen molar-refractivity contribution in [3.05, 3.63) is 21.8 Å². The van der Waals surface area contributed by atoms with Gasteiger partial charge < -0.3 is 21.0 Å². The lowest BCUT2D eigenvalue weighted by Gasteiger charge is -2.49. The molecule has 3 rings (SSSR count). The van der Waals surface area contributed by atoms with Crippen LogP contribution in [0.25, 0.3) is 0 Å². The zero-order chi connectivity index (χ0) is 19.0. The average Bonchev–Trinajstić information content (AvgIpc) is 3.02. The summed E-state index contributed by atoms with van der Waals surface area (Å²) in [4.78, 5) is 46.0. The quantitative estimate of drug-likeness (QED) is 0.361. The van der Waals surface area contributed by atoms with Crippen molar-refractivity contribution >= 4 is 51.6 Å². The molecule has 0 saturated carbocycles. The van der Waals surface area contributed by atoms with Gasteiger partial charge in [0, 0.05) is 10.4 Å². The lowest BCUT2D eigenvalue weighted by Crippen LogP contribution is -2.72. The number of aromatic nitrogens is 1. The van der Waals surface area contributed by atoms with Crippen LogP contribution in [0.5, 0.6) is 0 Å². The van der Waals surface area contributed by atoms with E-state index in [1.807, 2.05) is 0 Å². The van der Waals surface area contributed by atoms with Gasteiger partial charge in [0.1, 0.15) is 24.5 Å². The number of amides is 2. The van der Waals surface area contributed by atoms with E-state index >= 15 is 0 Å². The number of rotatable bonds is 5. The average molecular weight is 400 g/mol. The molecule has 1 saturated heterocycles. The number of thiazole rings is 1. The van der Waals surface area contributed by atoms with E-state index in [4.69, 9.17) is 17.3 Å². The summed E-state index contributed by atoms with van der Waals surface area (Å²) in [6.07, 6.45) is 0.748. The van der Waals surface area contributed by atoms with Crippen LogP contribution in [0, 0.1) is 0 Å². The first-order valence-corrected chi connectivity index (χ1v) is 8.69. The summed E-state index contributed by atoms with van der Waals surface area (Å²) in [5.74, 6) is -2.50. The minimum atomic E-state index is -1.28. The number of halogens is 1. The molecule has 0 spiro atoms. The molecule has 1 fully saturated rings. The van der Waals surface area contributed by atoms with Crippen molar-refractivity contribution in [2.24, 2.45) is 5.16 Å². The zero-order valence-electron chi connectivity index (χ0n) is 13.4. The van der Waals surface area contributed by atoms with E-state index in [2.05, 4.69) is 20.3 Å². The Morgan fingerprint density at radius 1 is 1.58 bits per heavy atom. The van der Waals surface area contributed by atoms with Gasteiger partial charge in [-0.1, -0.05) is 16.8 Å². The summed E-state index contributed by atoms with van der Waals surface area (Å²) in [6.45, 7) is 0. The van der Waals surface area contributed by atoms with Crippen molar-refractivity contribution < 1.29 is 24.3 Å². The summed E-state index contributed by atoms with van der Waals surface area (Å²) < 4.78 is 0. The van der Waals surface area contributed by atoms with Crippen LogP contribution >= 0.6 is 22.9 Å². The number of aliphatic carboxylic acids is 1. The number of β-lactam (4-membered cyclic amide) rings is 1. The number of allylic oxidation sites excluding steroid dienone is 1. The van der Waals surface area contributed by atoms with Gasteiger partial charge in [-0.05, 0) is 12.8 Å². The number of fused-ring (bicyclic) bond motifs is 1. The molecular formula is C14H14ClN5O5S. The van der Waals surface area contributed by atoms with E-state index < -0.39 is 29.9 Å². The smallest absolute Gasteiger partial charge is 0.353 e. The van der Waals surface area contributed by atoms with Gasteiger partial charge in [0.2, 0.25) is 0 Å². The van der Waals surface area contributed by atoms with Crippen LogP contribution in [0.2, 0.25) is 0 Å². The van der Waals surface area contributed by atoms with Gasteiger partial charge >= 0.3 is 5.97 Å². The Bertz CT molecular complexity index is 851. The number of carboxylic acid groups (broad SMARTS) is 1. The first kappa shape index (κ1) is 18.1. The fourth-order valence-electron chi connectivity index (χ4n) is 2.92. The van der Waals surface area contributed by atoms with E-state index in [1.165, 1.54) is 12.5 Å². The standard InChI is InChI=1S/C14H14ClN5O5S/c1-25-19-8(6-4-26-14(16)17-6)11(21)18-9-7-3-2-5(15)10(13(23)24)20(7)12(9)22/h4,7,9H,2-3H2,1H3,(H2,16,17)(H,18,21)(H,23,24)/b19-8-/t7-,9+/m1/s1. The number of oxime groups is 1. The summed E-state index contributed by atoms with van der Waals surface area (Å²) in [5.41, 5.74) is 5.41. The van der Waals surface area contributed by atoms with E-state index in [-0.39, 0.29) is 27.3 Å². The summed E-state index contributed by atoms with van der Waals surface area (Å²) in [5, 5.41) is 17.4. The highest BCUT2D eigenvalue weighted by Crippen LogP contribution is 2.38. The molecule has 10 nitrogen and oxygen atoms in total. The minimum Gasteiger partial charge on any atom is -0.477 e. The van der Waals surface area contributed by atoms with Gasteiger partial charge in [0.25, 0.3) is 11.8 Å². The van der Waals surface area contributed by atoms with Crippen LogP contribution < -0.4 is 11.1 Å². The number of nitrogens with zero attached hydrogens (tertiary/aromatic N) is 3. The molecule has 0 aromatic carbocycles.